The molecule has 1 aromatic carbocycles. The van der Waals surface area contributed by atoms with E-state index in [1.54, 1.807) is 55.0 Å². The molecule has 1 amide bonds. The van der Waals surface area contributed by atoms with Crippen LogP contribution in [0.5, 0.6) is 0 Å². The van der Waals surface area contributed by atoms with Gasteiger partial charge in [0.25, 0.3) is 0 Å². The van der Waals surface area contributed by atoms with Gasteiger partial charge in [0.1, 0.15) is 0 Å². The van der Waals surface area contributed by atoms with Crippen LogP contribution in [0.3, 0.4) is 0 Å². The average Bonchev–Trinajstić information content (AvgIpc) is 2.69. The minimum absolute atomic E-state index is 0.187. The molecule has 0 bridgehead atoms. The molecule has 0 atom stereocenters. The molecule has 27 heavy (non-hydrogen) atoms. The lowest BCUT2D eigenvalue weighted by molar-refractivity contribution is -0.126. The SMILES string of the molecule is Cc1ccc(S(=O)(=O)N2CCC(C(=O)NN=Cc3ccncc3)CC2)cc1. The van der Waals surface area contributed by atoms with E-state index in [0.29, 0.717) is 25.9 Å². The number of hydrogen-bond donors (Lipinski definition) is 1. The highest BCUT2D eigenvalue weighted by molar-refractivity contribution is 7.89. The van der Waals surface area contributed by atoms with Crippen molar-refractivity contribution in [3.63, 3.8) is 0 Å². The first kappa shape index (κ1) is 19.2. The molecule has 0 unspecified atom stereocenters. The van der Waals surface area contributed by atoms with Crippen molar-refractivity contribution in [1.82, 2.24) is 14.7 Å². The van der Waals surface area contributed by atoms with E-state index in [0.717, 1.165) is 11.1 Å². The molecule has 0 aliphatic carbocycles. The summed E-state index contributed by atoms with van der Waals surface area (Å²) in [5.41, 5.74) is 4.38. The van der Waals surface area contributed by atoms with Gasteiger partial charge in [-0.1, -0.05) is 17.7 Å². The summed E-state index contributed by atoms with van der Waals surface area (Å²) in [5, 5.41) is 3.96. The number of aromatic nitrogens is 1. The van der Waals surface area contributed by atoms with E-state index in [2.05, 4.69) is 15.5 Å². The maximum Gasteiger partial charge on any atom is 0.243 e. The highest BCUT2D eigenvalue weighted by atomic mass is 32.2. The molecule has 8 heteroatoms. The number of pyridine rings is 1. The molecule has 1 fully saturated rings. The quantitative estimate of drug-likeness (QED) is 0.628. The molecule has 7 nitrogen and oxygen atoms in total. The Morgan fingerprint density at radius 1 is 1.15 bits per heavy atom. The molecule has 142 valence electrons. The smallest absolute Gasteiger partial charge is 0.243 e. The van der Waals surface area contributed by atoms with Crippen LogP contribution >= 0.6 is 0 Å². The number of sulfonamides is 1. The Labute approximate surface area is 159 Å². The van der Waals surface area contributed by atoms with Crippen LogP contribution in [0.25, 0.3) is 0 Å². The molecule has 1 aliphatic heterocycles. The summed E-state index contributed by atoms with van der Waals surface area (Å²) in [6.07, 6.45) is 5.79. The molecule has 0 radical (unpaired) electrons. The number of rotatable bonds is 5. The monoisotopic (exact) mass is 386 g/mol. The van der Waals surface area contributed by atoms with Gasteiger partial charge in [-0.2, -0.15) is 9.41 Å². The van der Waals surface area contributed by atoms with E-state index < -0.39 is 10.0 Å². The van der Waals surface area contributed by atoms with Gasteiger partial charge in [0, 0.05) is 31.4 Å². The minimum atomic E-state index is -3.51. The number of hydrazone groups is 1. The predicted molar refractivity (Wildman–Crippen MR) is 103 cm³/mol. The summed E-state index contributed by atoms with van der Waals surface area (Å²) < 4.78 is 26.8. The summed E-state index contributed by atoms with van der Waals surface area (Å²) in [7, 11) is -3.51. The van der Waals surface area contributed by atoms with Gasteiger partial charge in [-0.15, -0.1) is 0 Å². The molecular weight excluding hydrogens is 364 g/mol. The van der Waals surface area contributed by atoms with Gasteiger partial charge in [-0.25, -0.2) is 13.8 Å². The van der Waals surface area contributed by atoms with Crippen molar-refractivity contribution in [2.24, 2.45) is 11.0 Å². The number of carbonyl (C=O) groups is 1. The fraction of sp³-hybridized carbons (Fsp3) is 0.316. The average molecular weight is 386 g/mol. The second-order valence-corrected chi connectivity index (χ2v) is 8.44. The molecule has 1 saturated heterocycles. The van der Waals surface area contributed by atoms with E-state index in [1.165, 1.54) is 4.31 Å². The normalized spacial score (nSPS) is 16.5. The highest BCUT2D eigenvalue weighted by Gasteiger charge is 2.31. The van der Waals surface area contributed by atoms with Gasteiger partial charge in [-0.05, 0) is 49.6 Å². The number of nitrogens with one attached hydrogen (secondary N) is 1. The first-order chi connectivity index (χ1) is 13.0. The molecular formula is C19H22N4O3S. The molecule has 0 saturated carbocycles. The second kappa shape index (κ2) is 8.41. The molecule has 2 aromatic rings. The number of piperidine rings is 1. The maximum atomic E-state index is 12.7. The topological polar surface area (TPSA) is 91.7 Å². The maximum absolute atomic E-state index is 12.7. The third kappa shape index (κ3) is 4.78. The van der Waals surface area contributed by atoms with Crippen LogP contribution in [0.2, 0.25) is 0 Å². The molecule has 2 heterocycles. The molecule has 1 N–H and O–H groups in total. The lowest BCUT2D eigenvalue weighted by Gasteiger charge is -2.30. The number of aryl methyl sites for hydroxylation is 1. The Balaban J connectivity index is 1.54. The largest absolute Gasteiger partial charge is 0.273 e. The van der Waals surface area contributed by atoms with Crippen LogP contribution in [-0.4, -0.2) is 42.9 Å². The van der Waals surface area contributed by atoms with E-state index >= 15 is 0 Å². The molecule has 1 aromatic heterocycles. The number of hydrogen-bond acceptors (Lipinski definition) is 5. The van der Waals surface area contributed by atoms with Crippen molar-refractivity contribution in [3.05, 3.63) is 59.9 Å². The Hall–Kier alpha value is -2.58. The summed E-state index contributed by atoms with van der Waals surface area (Å²) in [6.45, 7) is 2.56. The Bertz CT molecular complexity index is 904. The molecule has 1 aliphatic rings. The zero-order chi connectivity index (χ0) is 19.3. The van der Waals surface area contributed by atoms with E-state index in [9.17, 15) is 13.2 Å². The van der Waals surface area contributed by atoms with Crippen LogP contribution in [0, 0.1) is 12.8 Å². The Morgan fingerprint density at radius 3 is 2.41 bits per heavy atom. The fourth-order valence-electron chi connectivity index (χ4n) is 2.93. The number of benzene rings is 1. The lowest BCUT2D eigenvalue weighted by atomic mass is 9.98. The Morgan fingerprint density at radius 2 is 1.78 bits per heavy atom. The first-order valence-corrected chi connectivity index (χ1v) is 10.2. The van der Waals surface area contributed by atoms with Crippen molar-refractivity contribution in [1.29, 1.82) is 0 Å². The third-order valence-corrected chi connectivity index (χ3v) is 6.49. The highest BCUT2D eigenvalue weighted by Crippen LogP contribution is 2.24. The van der Waals surface area contributed by atoms with Crippen molar-refractivity contribution in [2.45, 2.75) is 24.7 Å². The van der Waals surface area contributed by atoms with Gasteiger partial charge in [0.15, 0.2) is 0 Å². The van der Waals surface area contributed by atoms with Gasteiger partial charge < -0.3 is 0 Å². The predicted octanol–water partition coefficient (Wildman–Crippen LogP) is 1.94. The lowest BCUT2D eigenvalue weighted by Crippen LogP contribution is -2.42. The Kier molecular flexibility index (Phi) is 5.98. The number of carbonyl (C=O) groups excluding carboxylic acids is 1. The first-order valence-electron chi connectivity index (χ1n) is 8.76. The molecule has 3 rings (SSSR count). The fourth-order valence-corrected chi connectivity index (χ4v) is 4.40. The summed E-state index contributed by atoms with van der Waals surface area (Å²) in [6, 6.07) is 10.4. The molecule has 0 spiro atoms. The number of nitrogens with zero attached hydrogens (tertiary/aromatic N) is 3. The van der Waals surface area contributed by atoms with Gasteiger partial charge >= 0.3 is 0 Å². The van der Waals surface area contributed by atoms with Crippen LogP contribution in [0.1, 0.15) is 24.0 Å². The van der Waals surface area contributed by atoms with Crippen LogP contribution in [-0.2, 0) is 14.8 Å². The van der Waals surface area contributed by atoms with E-state index in [1.807, 2.05) is 6.92 Å². The summed E-state index contributed by atoms with van der Waals surface area (Å²) >= 11 is 0. The van der Waals surface area contributed by atoms with Crippen LogP contribution in [0.4, 0.5) is 0 Å². The zero-order valence-corrected chi connectivity index (χ0v) is 15.9. The van der Waals surface area contributed by atoms with Crippen LogP contribution < -0.4 is 5.43 Å². The van der Waals surface area contributed by atoms with E-state index in [4.69, 9.17) is 0 Å². The standard InChI is InChI=1S/C19H22N4O3S/c1-15-2-4-18(5-3-15)27(25,26)23-12-8-17(9-13-23)19(24)22-21-14-16-6-10-20-11-7-16/h2-7,10-11,14,17H,8-9,12-13H2,1H3,(H,22,24). The third-order valence-electron chi connectivity index (χ3n) is 4.58. The number of amides is 1. The van der Waals surface area contributed by atoms with Gasteiger partial charge in [-0.3, -0.25) is 9.78 Å². The van der Waals surface area contributed by atoms with Gasteiger partial charge in [0.2, 0.25) is 15.9 Å². The van der Waals surface area contributed by atoms with Crippen molar-refractivity contribution in [3.8, 4) is 0 Å². The summed E-state index contributed by atoms with van der Waals surface area (Å²) in [4.78, 5) is 16.4. The van der Waals surface area contributed by atoms with E-state index in [-0.39, 0.29) is 16.7 Å². The van der Waals surface area contributed by atoms with Crippen molar-refractivity contribution >= 4 is 22.1 Å². The van der Waals surface area contributed by atoms with Crippen molar-refractivity contribution in [2.75, 3.05) is 13.1 Å². The summed E-state index contributed by atoms with van der Waals surface area (Å²) in [5.74, 6) is -0.434. The second-order valence-electron chi connectivity index (χ2n) is 6.51. The minimum Gasteiger partial charge on any atom is -0.273 e. The van der Waals surface area contributed by atoms with Crippen molar-refractivity contribution < 1.29 is 13.2 Å². The zero-order valence-electron chi connectivity index (χ0n) is 15.1. The van der Waals surface area contributed by atoms with Crippen LogP contribution in [0.15, 0.2) is 58.8 Å². The van der Waals surface area contributed by atoms with Gasteiger partial charge in [0.05, 0.1) is 11.1 Å².